The average Bonchev–Trinajstić information content (AvgIpc) is 3.03. The molecule has 0 N–H and O–H groups in total. The third kappa shape index (κ3) is 4.89. The molecule has 1 aliphatic heterocycles. The van der Waals surface area contributed by atoms with E-state index < -0.39 is 21.5 Å². The molecule has 0 aliphatic carbocycles. The maximum atomic E-state index is 11.7. The minimum Gasteiger partial charge on any atom is -0.462 e. The smallest absolute Gasteiger partial charge is 0.316 e. The van der Waals surface area contributed by atoms with Crippen LogP contribution in [0.25, 0.3) is 0 Å². The van der Waals surface area contributed by atoms with E-state index in [1.165, 1.54) is 6.07 Å². The highest BCUT2D eigenvalue weighted by molar-refractivity contribution is 8.00. The Morgan fingerprint density at radius 2 is 2.13 bits per heavy atom. The lowest BCUT2D eigenvalue weighted by atomic mass is 10.2. The van der Waals surface area contributed by atoms with Crippen molar-refractivity contribution < 1.29 is 24.1 Å². The van der Waals surface area contributed by atoms with Crippen molar-refractivity contribution in [2.45, 2.75) is 23.8 Å². The number of ether oxygens (including phenoxy) is 2. The standard InChI is InChI=1S/C13H14N2O7S/c16-13(22-7-10-2-1-5-21-10)8-23-12-4-3-9(14(17)18)6-11(12)15(19)20/h3-4,6,10H,1-2,5,7-8H2. The van der Waals surface area contributed by atoms with Gasteiger partial charge in [-0.15, -0.1) is 11.8 Å². The molecule has 1 aromatic carbocycles. The number of nitro benzene ring substituents is 2. The Bertz CT molecular complexity index is 616. The first-order chi connectivity index (χ1) is 11.0. The normalized spacial score (nSPS) is 17.0. The first-order valence-corrected chi connectivity index (χ1v) is 7.79. The first-order valence-electron chi connectivity index (χ1n) is 6.80. The van der Waals surface area contributed by atoms with E-state index in [0.29, 0.717) is 6.61 Å². The highest BCUT2D eigenvalue weighted by Gasteiger charge is 2.21. The number of nitrogens with zero attached hydrogens (tertiary/aromatic N) is 2. The zero-order valence-electron chi connectivity index (χ0n) is 12.0. The Kier molecular flexibility index (Phi) is 5.88. The fourth-order valence-electron chi connectivity index (χ4n) is 2.02. The van der Waals surface area contributed by atoms with E-state index in [4.69, 9.17) is 9.47 Å². The number of hydrogen-bond donors (Lipinski definition) is 0. The van der Waals surface area contributed by atoms with Crippen LogP contribution >= 0.6 is 11.8 Å². The van der Waals surface area contributed by atoms with Crippen molar-refractivity contribution in [3.63, 3.8) is 0 Å². The van der Waals surface area contributed by atoms with Crippen LogP contribution in [0.5, 0.6) is 0 Å². The summed E-state index contributed by atoms with van der Waals surface area (Å²) in [6.45, 7) is 0.827. The molecule has 124 valence electrons. The predicted molar refractivity (Wildman–Crippen MR) is 80.4 cm³/mol. The van der Waals surface area contributed by atoms with Gasteiger partial charge >= 0.3 is 5.97 Å². The Labute approximate surface area is 135 Å². The van der Waals surface area contributed by atoms with Crippen molar-refractivity contribution in [1.82, 2.24) is 0 Å². The summed E-state index contributed by atoms with van der Waals surface area (Å²) >= 11 is 0.907. The van der Waals surface area contributed by atoms with Crippen molar-refractivity contribution in [3.8, 4) is 0 Å². The molecule has 1 fully saturated rings. The second-order valence-corrected chi connectivity index (χ2v) is 5.79. The van der Waals surface area contributed by atoms with Crippen LogP contribution in [0.3, 0.4) is 0 Å². The lowest BCUT2D eigenvalue weighted by Gasteiger charge is -2.10. The molecule has 1 saturated heterocycles. The van der Waals surface area contributed by atoms with Crippen molar-refractivity contribution in [2.75, 3.05) is 19.0 Å². The van der Waals surface area contributed by atoms with Crippen LogP contribution in [0, 0.1) is 20.2 Å². The molecule has 0 radical (unpaired) electrons. The molecule has 1 heterocycles. The quantitative estimate of drug-likeness (QED) is 0.320. The highest BCUT2D eigenvalue weighted by Crippen LogP contribution is 2.32. The molecule has 0 bridgehead atoms. The second kappa shape index (κ2) is 7.88. The molecule has 1 aliphatic rings. The highest BCUT2D eigenvalue weighted by atomic mass is 32.2. The SMILES string of the molecule is O=C(CSc1ccc([N+](=O)[O-])cc1[N+](=O)[O-])OCC1CCCO1. The molecular formula is C13H14N2O7S. The van der Waals surface area contributed by atoms with Crippen molar-refractivity contribution in [1.29, 1.82) is 0 Å². The average molecular weight is 342 g/mol. The minimum absolute atomic E-state index is 0.0855. The van der Waals surface area contributed by atoms with Gasteiger partial charge in [0, 0.05) is 12.7 Å². The topological polar surface area (TPSA) is 122 Å². The Morgan fingerprint density at radius 1 is 1.35 bits per heavy atom. The molecule has 2 rings (SSSR count). The summed E-state index contributed by atoms with van der Waals surface area (Å²) in [5.41, 5.74) is -0.780. The molecule has 0 aromatic heterocycles. The number of nitro groups is 2. The van der Waals surface area contributed by atoms with E-state index in [1.54, 1.807) is 0 Å². The van der Waals surface area contributed by atoms with Gasteiger partial charge in [-0.3, -0.25) is 25.0 Å². The molecule has 0 saturated carbocycles. The van der Waals surface area contributed by atoms with Gasteiger partial charge in [0.25, 0.3) is 11.4 Å². The molecule has 0 spiro atoms. The summed E-state index contributed by atoms with van der Waals surface area (Å²) in [6.07, 6.45) is 1.69. The van der Waals surface area contributed by atoms with Gasteiger partial charge in [-0.25, -0.2) is 0 Å². The van der Waals surface area contributed by atoms with Gasteiger partial charge in [0.1, 0.15) is 6.61 Å². The second-order valence-electron chi connectivity index (χ2n) is 4.77. The summed E-state index contributed by atoms with van der Waals surface area (Å²) in [5.74, 6) is -0.635. The molecular weight excluding hydrogens is 328 g/mol. The van der Waals surface area contributed by atoms with E-state index in [-0.39, 0.29) is 29.0 Å². The van der Waals surface area contributed by atoms with Crippen molar-refractivity contribution in [2.24, 2.45) is 0 Å². The van der Waals surface area contributed by atoms with E-state index >= 15 is 0 Å². The zero-order valence-corrected chi connectivity index (χ0v) is 12.8. The van der Waals surface area contributed by atoms with Crippen molar-refractivity contribution in [3.05, 3.63) is 38.4 Å². The van der Waals surface area contributed by atoms with E-state index in [0.717, 1.165) is 36.7 Å². The van der Waals surface area contributed by atoms with Gasteiger partial charge in [0.2, 0.25) is 0 Å². The van der Waals surface area contributed by atoms with Crippen LogP contribution in [-0.4, -0.2) is 40.9 Å². The first kappa shape index (κ1) is 17.2. The van der Waals surface area contributed by atoms with Gasteiger partial charge in [0.05, 0.1) is 32.7 Å². The number of thioether (sulfide) groups is 1. The molecule has 0 amide bonds. The maximum absolute atomic E-state index is 11.7. The van der Waals surface area contributed by atoms with E-state index in [9.17, 15) is 25.0 Å². The molecule has 1 unspecified atom stereocenters. The fraction of sp³-hybridized carbons (Fsp3) is 0.462. The number of esters is 1. The van der Waals surface area contributed by atoms with Gasteiger partial charge in [-0.1, -0.05) is 0 Å². The summed E-state index contributed by atoms with van der Waals surface area (Å²) in [5, 5.41) is 21.6. The largest absolute Gasteiger partial charge is 0.462 e. The van der Waals surface area contributed by atoms with Crippen LogP contribution in [-0.2, 0) is 14.3 Å². The van der Waals surface area contributed by atoms with Crippen LogP contribution in [0.15, 0.2) is 23.1 Å². The molecule has 1 aromatic rings. The molecule has 1 atom stereocenters. The lowest BCUT2D eigenvalue weighted by molar-refractivity contribution is -0.396. The van der Waals surface area contributed by atoms with Crippen LogP contribution in [0.2, 0.25) is 0 Å². The molecule has 9 nitrogen and oxygen atoms in total. The predicted octanol–water partition coefficient (Wildman–Crippen LogP) is 2.32. The molecule has 23 heavy (non-hydrogen) atoms. The van der Waals surface area contributed by atoms with Gasteiger partial charge < -0.3 is 9.47 Å². The third-order valence-corrected chi connectivity index (χ3v) is 4.19. The Morgan fingerprint density at radius 3 is 2.74 bits per heavy atom. The number of hydrogen-bond acceptors (Lipinski definition) is 8. The van der Waals surface area contributed by atoms with Crippen LogP contribution in [0.1, 0.15) is 12.8 Å². The number of non-ortho nitro benzene ring substituents is 1. The maximum Gasteiger partial charge on any atom is 0.316 e. The van der Waals surface area contributed by atoms with Gasteiger partial charge in [-0.2, -0.15) is 0 Å². The number of carbonyl (C=O) groups excluding carboxylic acids is 1. The summed E-state index contributed by atoms with van der Waals surface area (Å²) in [4.78, 5) is 32.0. The number of benzene rings is 1. The van der Waals surface area contributed by atoms with E-state index in [2.05, 4.69) is 0 Å². The van der Waals surface area contributed by atoms with Crippen LogP contribution < -0.4 is 0 Å². The monoisotopic (exact) mass is 342 g/mol. The lowest BCUT2D eigenvalue weighted by Crippen LogP contribution is -2.18. The summed E-state index contributed by atoms with van der Waals surface area (Å²) in [7, 11) is 0. The van der Waals surface area contributed by atoms with Crippen molar-refractivity contribution >= 4 is 29.1 Å². The number of rotatable bonds is 7. The Hall–Kier alpha value is -2.20. The minimum atomic E-state index is -0.715. The molecule has 10 heteroatoms. The van der Waals surface area contributed by atoms with E-state index in [1.807, 2.05) is 0 Å². The van der Waals surface area contributed by atoms with Gasteiger partial charge in [-0.05, 0) is 18.9 Å². The third-order valence-electron chi connectivity index (χ3n) is 3.15. The van der Waals surface area contributed by atoms with Gasteiger partial charge in [0.15, 0.2) is 0 Å². The Balaban J connectivity index is 1.92. The van der Waals surface area contributed by atoms with Crippen LogP contribution in [0.4, 0.5) is 11.4 Å². The fourth-order valence-corrected chi connectivity index (χ4v) is 2.83. The summed E-state index contributed by atoms with van der Waals surface area (Å²) in [6, 6.07) is 3.29. The zero-order chi connectivity index (χ0) is 16.8. The number of carbonyl (C=O) groups is 1. The summed E-state index contributed by atoms with van der Waals surface area (Å²) < 4.78 is 10.4.